The number of piperidine rings is 1. The van der Waals surface area contributed by atoms with Crippen molar-refractivity contribution in [3.8, 4) is 0 Å². The number of carboxylic acid groups (broad SMARTS) is 1. The molecule has 1 heterocycles. The van der Waals surface area contributed by atoms with E-state index in [4.69, 9.17) is 15.0 Å². The van der Waals surface area contributed by atoms with E-state index >= 15 is 0 Å². The minimum absolute atomic E-state index is 0.0463. The highest BCUT2D eigenvalue weighted by Gasteiger charge is 2.49. The van der Waals surface area contributed by atoms with Crippen LogP contribution in [0.2, 0.25) is 0 Å². The van der Waals surface area contributed by atoms with Crippen LogP contribution in [0.4, 0.5) is 13.2 Å². The first-order valence-corrected chi connectivity index (χ1v) is 4.53. The molecule has 2 aliphatic rings. The standard InChI is InChI=1S/C6H11NO.C2HF3O2/c8-6-4-1-2-7-3-5(4)6;3-2(4,5)1(6)7/h4-8H,1-3H2;(H,6,7)/t4-,5+,6+;/m1./s1. The molecule has 7 heteroatoms. The molecule has 3 atom stereocenters. The van der Waals surface area contributed by atoms with Gasteiger partial charge in [0.1, 0.15) is 0 Å². The van der Waals surface area contributed by atoms with Gasteiger partial charge in [-0.2, -0.15) is 13.2 Å². The van der Waals surface area contributed by atoms with Crippen LogP contribution in [0.15, 0.2) is 0 Å². The summed E-state index contributed by atoms with van der Waals surface area (Å²) in [5.74, 6) is -1.48. The van der Waals surface area contributed by atoms with E-state index in [2.05, 4.69) is 5.32 Å². The average molecular weight is 227 g/mol. The van der Waals surface area contributed by atoms with E-state index < -0.39 is 12.1 Å². The Balaban J connectivity index is 0.000000153. The second kappa shape index (κ2) is 4.36. The first kappa shape index (κ1) is 12.3. The Morgan fingerprint density at radius 2 is 1.87 bits per heavy atom. The zero-order valence-corrected chi connectivity index (χ0v) is 7.79. The van der Waals surface area contributed by atoms with Gasteiger partial charge >= 0.3 is 12.1 Å². The Kier molecular flexibility index (Phi) is 3.56. The van der Waals surface area contributed by atoms with Crippen molar-refractivity contribution >= 4 is 5.97 Å². The number of aliphatic hydroxyl groups excluding tert-OH is 1. The number of hydrogen-bond acceptors (Lipinski definition) is 3. The Morgan fingerprint density at radius 1 is 1.33 bits per heavy atom. The molecular formula is C8H12F3NO3. The lowest BCUT2D eigenvalue weighted by Crippen LogP contribution is -2.23. The number of nitrogens with one attached hydrogen (secondary N) is 1. The van der Waals surface area contributed by atoms with Crippen LogP contribution >= 0.6 is 0 Å². The van der Waals surface area contributed by atoms with Crippen molar-refractivity contribution < 1.29 is 28.2 Å². The lowest BCUT2D eigenvalue weighted by molar-refractivity contribution is -0.192. The predicted molar refractivity (Wildman–Crippen MR) is 44.2 cm³/mol. The van der Waals surface area contributed by atoms with Crippen molar-refractivity contribution in [2.75, 3.05) is 13.1 Å². The molecule has 0 radical (unpaired) electrons. The maximum absolute atomic E-state index is 10.6. The molecule has 0 unspecified atom stereocenters. The number of hydrogen-bond donors (Lipinski definition) is 3. The first-order valence-electron chi connectivity index (χ1n) is 4.53. The number of aliphatic hydroxyl groups is 1. The molecule has 0 bridgehead atoms. The van der Waals surface area contributed by atoms with Gasteiger partial charge in [-0.15, -0.1) is 0 Å². The summed E-state index contributed by atoms with van der Waals surface area (Å²) in [4.78, 5) is 8.90. The molecule has 1 saturated carbocycles. The van der Waals surface area contributed by atoms with Gasteiger partial charge in [0.2, 0.25) is 0 Å². The van der Waals surface area contributed by atoms with Crippen LogP contribution < -0.4 is 5.32 Å². The fraction of sp³-hybridized carbons (Fsp3) is 0.875. The van der Waals surface area contributed by atoms with Crippen LogP contribution in [0.5, 0.6) is 0 Å². The topological polar surface area (TPSA) is 69.6 Å². The zero-order chi connectivity index (χ0) is 11.6. The Labute approximate surface area is 84.1 Å². The van der Waals surface area contributed by atoms with Crippen LogP contribution in [0.1, 0.15) is 6.42 Å². The minimum Gasteiger partial charge on any atom is -0.475 e. The summed E-state index contributed by atoms with van der Waals surface area (Å²) in [6, 6.07) is 0. The van der Waals surface area contributed by atoms with Crippen LogP contribution in [0.3, 0.4) is 0 Å². The first-order chi connectivity index (χ1) is 6.84. The van der Waals surface area contributed by atoms with Gasteiger partial charge in [-0.25, -0.2) is 4.79 Å². The highest BCUT2D eigenvalue weighted by atomic mass is 19.4. The van der Waals surface area contributed by atoms with Gasteiger partial charge in [0, 0.05) is 12.5 Å². The van der Waals surface area contributed by atoms with E-state index in [-0.39, 0.29) is 6.10 Å². The second-order valence-electron chi connectivity index (χ2n) is 3.61. The van der Waals surface area contributed by atoms with E-state index in [9.17, 15) is 13.2 Å². The van der Waals surface area contributed by atoms with Crippen molar-refractivity contribution in [2.24, 2.45) is 11.8 Å². The monoisotopic (exact) mass is 227 g/mol. The number of aliphatic carboxylic acids is 1. The van der Waals surface area contributed by atoms with Crippen molar-refractivity contribution in [2.45, 2.75) is 18.7 Å². The van der Waals surface area contributed by atoms with Crippen molar-refractivity contribution in [1.29, 1.82) is 0 Å². The molecule has 1 saturated heterocycles. The second-order valence-corrected chi connectivity index (χ2v) is 3.61. The molecule has 0 spiro atoms. The third kappa shape index (κ3) is 3.35. The quantitative estimate of drug-likeness (QED) is 0.553. The summed E-state index contributed by atoms with van der Waals surface area (Å²) >= 11 is 0. The molecule has 2 rings (SSSR count). The number of carbonyl (C=O) groups is 1. The third-order valence-electron chi connectivity index (χ3n) is 2.56. The number of carboxylic acids is 1. The molecule has 88 valence electrons. The molecule has 1 aliphatic heterocycles. The summed E-state index contributed by atoms with van der Waals surface area (Å²) in [5.41, 5.74) is 0. The molecular weight excluding hydrogens is 215 g/mol. The van der Waals surface area contributed by atoms with Gasteiger partial charge in [0.05, 0.1) is 6.10 Å². The Hall–Kier alpha value is -0.820. The Bertz CT molecular complexity index is 232. The molecule has 3 N–H and O–H groups in total. The fourth-order valence-electron chi connectivity index (χ4n) is 1.62. The number of alkyl halides is 3. The molecule has 1 aliphatic carbocycles. The maximum Gasteiger partial charge on any atom is 0.490 e. The Morgan fingerprint density at radius 3 is 2.13 bits per heavy atom. The summed E-state index contributed by atoms with van der Waals surface area (Å²) < 4.78 is 31.7. The van der Waals surface area contributed by atoms with Gasteiger partial charge in [-0.05, 0) is 18.9 Å². The van der Waals surface area contributed by atoms with Crippen LogP contribution in [0.25, 0.3) is 0 Å². The van der Waals surface area contributed by atoms with Crippen molar-refractivity contribution in [3.05, 3.63) is 0 Å². The molecule has 0 aromatic heterocycles. The average Bonchev–Trinajstić information content (AvgIpc) is 2.78. The summed E-state index contributed by atoms with van der Waals surface area (Å²) in [6.07, 6.45) is -3.85. The highest BCUT2D eigenvalue weighted by Crippen LogP contribution is 2.42. The number of rotatable bonds is 0. The lowest BCUT2D eigenvalue weighted by atomic mass is 10.2. The molecule has 4 nitrogen and oxygen atoms in total. The van der Waals surface area contributed by atoms with Crippen LogP contribution in [-0.2, 0) is 4.79 Å². The van der Waals surface area contributed by atoms with Gasteiger partial charge in [-0.3, -0.25) is 0 Å². The SMILES string of the molecule is O=C(O)C(F)(F)F.O[C@@H]1[C@H]2CNCC[C@@H]12. The van der Waals surface area contributed by atoms with E-state index in [1.165, 1.54) is 6.42 Å². The largest absolute Gasteiger partial charge is 0.490 e. The maximum atomic E-state index is 10.6. The number of fused-ring (bicyclic) bond motifs is 1. The van der Waals surface area contributed by atoms with E-state index in [0.29, 0.717) is 11.8 Å². The predicted octanol–water partition coefficient (Wildman–Crippen LogP) is 0.220. The zero-order valence-electron chi connectivity index (χ0n) is 7.79. The minimum atomic E-state index is -5.08. The normalized spacial score (nSPS) is 33.5. The molecule has 0 aromatic carbocycles. The van der Waals surface area contributed by atoms with E-state index in [1.54, 1.807) is 0 Å². The summed E-state index contributed by atoms with van der Waals surface area (Å²) in [7, 11) is 0. The van der Waals surface area contributed by atoms with Crippen LogP contribution in [0, 0.1) is 11.8 Å². The molecule has 2 fully saturated rings. The van der Waals surface area contributed by atoms with Gasteiger partial charge in [0.25, 0.3) is 0 Å². The van der Waals surface area contributed by atoms with E-state index in [1.807, 2.05) is 0 Å². The number of halogens is 3. The molecule has 15 heavy (non-hydrogen) atoms. The molecule has 0 amide bonds. The van der Waals surface area contributed by atoms with Crippen molar-refractivity contribution in [3.63, 3.8) is 0 Å². The third-order valence-corrected chi connectivity index (χ3v) is 2.56. The fourth-order valence-corrected chi connectivity index (χ4v) is 1.62. The lowest BCUT2D eigenvalue weighted by Gasteiger charge is -2.07. The van der Waals surface area contributed by atoms with Crippen molar-refractivity contribution in [1.82, 2.24) is 5.32 Å². The van der Waals surface area contributed by atoms with Crippen LogP contribution in [-0.4, -0.2) is 41.6 Å². The summed E-state index contributed by atoms with van der Waals surface area (Å²) in [6.45, 7) is 2.16. The smallest absolute Gasteiger partial charge is 0.475 e. The van der Waals surface area contributed by atoms with Gasteiger partial charge in [-0.1, -0.05) is 0 Å². The molecule has 0 aromatic rings. The summed E-state index contributed by atoms with van der Waals surface area (Å²) in [5, 5.41) is 19.5. The van der Waals surface area contributed by atoms with Gasteiger partial charge in [0.15, 0.2) is 0 Å². The highest BCUT2D eigenvalue weighted by molar-refractivity contribution is 5.73. The van der Waals surface area contributed by atoms with Gasteiger partial charge < -0.3 is 15.5 Å². The van der Waals surface area contributed by atoms with E-state index in [0.717, 1.165) is 13.1 Å².